The van der Waals surface area contributed by atoms with Gasteiger partial charge in [0.2, 0.25) is 0 Å². The highest BCUT2D eigenvalue weighted by Gasteiger charge is 1.99. The molecular weight excluding hydrogens is 256 g/mol. The predicted molar refractivity (Wildman–Crippen MR) is 62.5 cm³/mol. The van der Waals surface area contributed by atoms with E-state index in [1.165, 1.54) is 0 Å². The summed E-state index contributed by atoms with van der Waals surface area (Å²) in [4.78, 5) is 4.13. The molecule has 15 heavy (non-hydrogen) atoms. The van der Waals surface area contributed by atoms with Crippen LogP contribution in [-0.4, -0.2) is 14.8 Å². The minimum Gasteiger partial charge on any atom is -0.378 e. The van der Waals surface area contributed by atoms with Crippen LogP contribution in [0.15, 0.2) is 35.1 Å². The molecule has 1 aromatic heterocycles. The number of hydrogen-bond donors (Lipinski definition) is 1. The van der Waals surface area contributed by atoms with Gasteiger partial charge in [0.05, 0.1) is 6.54 Å². The Morgan fingerprint density at radius 2 is 2.07 bits per heavy atom. The molecule has 1 N–H and O–H groups in total. The maximum absolute atomic E-state index is 4.13. The minimum absolute atomic E-state index is 0.679. The normalized spacial score (nSPS) is 10.3. The van der Waals surface area contributed by atoms with E-state index in [1.54, 1.807) is 11.0 Å². The van der Waals surface area contributed by atoms with Crippen molar-refractivity contribution in [3.63, 3.8) is 0 Å². The van der Waals surface area contributed by atoms with E-state index >= 15 is 0 Å². The maximum Gasteiger partial charge on any atom is 0.145 e. The molecule has 0 aliphatic rings. The van der Waals surface area contributed by atoms with Crippen molar-refractivity contribution in [3.8, 4) is 0 Å². The molecular formula is C10H11BrN4. The van der Waals surface area contributed by atoms with Crippen molar-refractivity contribution in [1.82, 2.24) is 14.8 Å². The van der Waals surface area contributed by atoms with Gasteiger partial charge < -0.3 is 5.32 Å². The highest BCUT2D eigenvalue weighted by molar-refractivity contribution is 9.10. The smallest absolute Gasteiger partial charge is 0.145 e. The SMILES string of the molecule is Cn1ncnc1CNc1ccc(Br)cc1. The Labute approximate surface area is 96.5 Å². The van der Waals surface area contributed by atoms with Crippen LogP contribution >= 0.6 is 15.9 Å². The quantitative estimate of drug-likeness (QED) is 0.926. The van der Waals surface area contributed by atoms with Gasteiger partial charge in [0, 0.05) is 17.2 Å². The van der Waals surface area contributed by atoms with Gasteiger partial charge in [-0.3, -0.25) is 4.68 Å². The zero-order chi connectivity index (χ0) is 10.7. The number of halogens is 1. The summed E-state index contributed by atoms with van der Waals surface area (Å²) in [6, 6.07) is 8.03. The molecule has 0 saturated heterocycles. The second kappa shape index (κ2) is 4.44. The van der Waals surface area contributed by atoms with E-state index in [-0.39, 0.29) is 0 Å². The molecule has 1 heterocycles. The largest absolute Gasteiger partial charge is 0.378 e. The number of hydrogen-bond acceptors (Lipinski definition) is 3. The summed E-state index contributed by atoms with van der Waals surface area (Å²) in [7, 11) is 1.88. The molecule has 78 valence electrons. The number of rotatable bonds is 3. The average molecular weight is 267 g/mol. The van der Waals surface area contributed by atoms with Crippen LogP contribution in [0.1, 0.15) is 5.82 Å². The number of anilines is 1. The van der Waals surface area contributed by atoms with Gasteiger partial charge in [0.25, 0.3) is 0 Å². The Balaban J connectivity index is 1.99. The van der Waals surface area contributed by atoms with Gasteiger partial charge in [-0.15, -0.1) is 0 Å². The Morgan fingerprint density at radius 3 is 2.67 bits per heavy atom. The first-order valence-electron chi connectivity index (χ1n) is 4.58. The number of nitrogens with zero attached hydrogens (tertiary/aromatic N) is 3. The van der Waals surface area contributed by atoms with Gasteiger partial charge >= 0.3 is 0 Å². The van der Waals surface area contributed by atoms with Crippen molar-refractivity contribution in [3.05, 3.63) is 40.9 Å². The molecule has 5 heteroatoms. The third kappa shape index (κ3) is 2.56. The molecule has 2 rings (SSSR count). The average Bonchev–Trinajstić information content (AvgIpc) is 2.63. The van der Waals surface area contributed by atoms with E-state index in [4.69, 9.17) is 0 Å². The molecule has 0 bridgehead atoms. The predicted octanol–water partition coefficient (Wildman–Crippen LogP) is 2.19. The van der Waals surface area contributed by atoms with E-state index in [0.717, 1.165) is 16.0 Å². The molecule has 4 nitrogen and oxygen atoms in total. The molecule has 0 atom stereocenters. The fourth-order valence-electron chi connectivity index (χ4n) is 1.23. The van der Waals surface area contributed by atoms with Gasteiger partial charge in [-0.1, -0.05) is 15.9 Å². The fraction of sp³-hybridized carbons (Fsp3) is 0.200. The van der Waals surface area contributed by atoms with E-state index in [1.807, 2.05) is 31.3 Å². The molecule has 0 spiro atoms. The molecule has 0 saturated carbocycles. The monoisotopic (exact) mass is 266 g/mol. The molecule has 0 aliphatic heterocycles. The summed E-state index contributed by atoms with van der Waals surface area (Å²) in [5, 5.41) is 7.27. The Hall–Kier alpha value is -1.36. The highest BCUT2D eigenvalue weighted by atomic mass is 79.9. The van der Waals surface area contributed by atoms with E-state index in [9.17, 15) is 0 Å². The van der Waals surface area contributed by atoms with Gasteiger partial charge in [-0.25, -0.2) is 4.98 Å². The lowest BCUT2D eigenvalue weighted by Gasteiger charge is -2.05. The summed E-state index contributed by atoms with van der Waals surface area (Å²) < 4.78 is 2.83. The summed E-state index contributed by atoms with van der Waals surface area (Å²) in [6.45, 7) is 0.679. The van der Waals surface area contributed by atoms with Crippen molar-refractivity contribution in [2.45, 2.75) is 6.54 Å². The lowest BCUT2D eigenvalue weighted by Crippen LogP contribution is -2.06. The summed E-state index contributed by atoms with van der Waals surface area (Å²) in [5.41, 5.74) is 1.07. The lowest BCUT2D eigenvalue weighted by atomic mass is 10.3. The van der Waals surface area contributed by atoms with Crippen LogP contribution in [0.3, 0.4) is 0 Å². The van der Waals surface area contributed by atoms with Crippen LogP contribution in [0.4, 0.5) is 5.69 Å². The molecule has 0 aliphatic carbocycles. The van der Waals surface area contributed by atoms with Crippen molar-refractivity contribution >= 4 is 21.6 Å². The molecule has 2 aromatic rings. The molecule has 0 amide bonds. The number of aryl methyl sites for hydroxylation is 1. The first-order chi connectivity index (χ1) is 7.25. The molecule has 1 aromatic carbocycles. The second-order valence-electron chi connectivity index (χ2n) is 3.16. The van der Waals surface area contributed by atoms with Gasteiger partial charge in [-0.2, -0.15) is 5.10 Å². The topological polar surface area (TPSA) is 42.7 Å². The van der Waals surface area contributed by atoms with E-state index in [0.29, 0.717) is 6.54 Å². The number of aromatic nitrogens is 3. The van der Waals surface area contributed by atoms with Crippen LogP contribution in [0, 0.1) is 0 Å². The van der Waals surface area contributed by atoms with Gasteiger partial charge in [0.15, 0.2) is 0 Å². The van der Waals surface area contributed by atoms with E-state index in [2.05, 4.69) is 31.3 Å². The lowest BCUT2D eigenvalue weighted by molar-refractivity contribution is 0.712. The zero-order valence-electron chi connectivity index (χ0n) is 8.31. The van der Waals surface area contributed by atoms with Crippen molar-refractivity contribution in [2.75, 3.05) is 5.32 Å². The second-order valence-corrected chi connectivity index (χ2v) is 4.08. The Morgan fingerprint density at radius 1 is 1.33 bits per heavy atom. The third-order valence-electron chi connectivity index (χ3n) is 2.10. The maximum atomic E-state index is 4.13. The van der Waals surface area contributed by atoms with Gasteiger partial charge in [0.1, 0.15) is 12.2 Å². The first kappa shape index (κ1) is 10.2. The zero-order valence-corrected chi connectivity index (χ0v) is 9.90. The van der Waals surface area contributed by atoms with Crippen LogP contribution < -0.4 is 5.32 Å². The van der Waals surface area contributed by atoms with Crippen LogP contribution in [0.2, 0.25) is 0 Å². The minimum atomic E-state index is 0.679. The molecule has 0 radical (unpaired) electrons. The van der Waals surface area contributed by atoms with Crippen molar-refractivity contribution in [2.24, 2.45) is 7.05 Å². The number of benzene rings is 1. The number of nitrogens with one attached hydrogen (secondary N) is 1. The Bertz CT molecular complexity index is 435. The third-order valence-corrected chi connectivity index (χ3v) is 2.63. The summed E-state index contributed by atoms with van der Waals surface area (Å²) in [5.74, 6) is 0.915. The van der Waals surface area contributed by atoms with Crippen LogP contribution in [0.25, 0.3) is 0 Å². The summed E-state index contributed by atoms with van der Waals surface area (Å²) >= 11 is 3.39. The fourth-order valence-corrected chi connectivity index (χ4v) is 1.49. The Kier molecular flexibility index (Phi) is 3.01. The van der Waals surface area contributed by atoms with Crippen LogP contribution in [0.5, 0.6) is 0 Å². The van der Waals surface area contributed by atoms with Crippen molar-refractivity contribution in [1.29, 1.82) is 0 Å². The highest BCUT2D eigenvalue weighted by Crippen LogP contribution is 2.14. The molecule has 0 unspecified atom stereocenters. The standard InChI is InChI=1S/C10H11BrN4/c1-15-10(13-7-14-15)6-12-9-4-2-8(11)3-5-9/h2-5,7,12H,6H2,1H3. The van der Waals surface area contributed by atoms with Crippen LogP contribution in [-0.2, 0) is 13.6 Å². The van der Waals surface area contributed by atoms with E-state index < -0.39 is 0 Å². The van der Waals surface area contributed by atoms with Crippen molar-refractivity contribution < 1.29 is 0 Å². The molecule has 0 fully saturated rings. The first-order valence-corrected chi connectivity index (χ1v) is 5.37. The van der Waals surface area contributed by atoms with Gasteiger partial charge in [-0.05, 0) is 24.3 Å². The summed E-state index contributed by atoms with van der Waals surface area (Å²) in [6.07, 6.45) is 1.55.